The van der Waals surface area contributed by atoms with E-state index in [-0.39, 0.29) is 0 Å². The van der Waals surface area contributed by atoms with Crippen molar-refractivity contribution >= 4 is 11.6 Å². The Balaban J connectivity index is 2.16. The minimum Gasteiger partial charge on any atom is -0.493 e. The molecule has 0 amide bonds. The highest BCUT2D eigenvalue weighted by atomic mass is 35.5. The van der Waals surface area contributed by atoms with E-state index in [1.165, 1.54) is 0 Å². The Kier molecular flexibility index (Phi) is 4.88. The lowest BCUT2D eigenvalue weighted by Gasteiger charge is -2.14. The van der Waals surface area contributed by atoms with Gasteiger partial charge in [-0.15, -0.1) is 0 Å². The van der Waals surface area contributed by atoms with E-state index in [1.807, 2.05) is 30.3 Å². The van der Waals surface area contributed by atoms with Crippen LogP contribution in [0.1, 0.15) is 17.2 Å². The molecule has 1 N–H and O–H groups in total. The number of hydrogen-bond donors (Lipinski definition) is 1. The van der Waals surface area contributed by atoms with Gasteiger partial charge in [-0.05, 0) is 35.4 Å². The Morgan fingerprint density at radius 2 is 1.65 bits per heavy atom. The van der Waals surface area contributed by atoms with Crippen molar-refractivity contribution in [1.29, 1.82) is 0 Å². The van der Waals surface area contributed by atoms with Crippen molar-refractivity contribution in [3.63, 3.8) is 0 Å². The third-order valence-corrected chi connectivity index (χ3v) is 3.39. The van der Waals surface area contributed by atoms with E-state index in [2.05, 4.69) is 0 Å². The van der Waals surface area contributed by atoms with Crippen molar-refractivity contribution in [2.75, 3.05) is 14.2 Å². The van der Waals surface area contributed by atoms with Crippen molar-refractivity contribution in [2.45, 2.75) is 12.5 Å². The average molecular weight is 293 g/mol. The molecule has 2 aromatic carbocycles. The predicted molar refractivity (Wildman–Crippen MR) is 79.7 cm³/mol. The summed E-state index contributed by atoms with van der Waals surface area (Å²) < 4.78 is 10.4. The molecule has 0 heterocycles. The molecular weight excluding hydrogens is 276 g/mol. The van der Waals surface area contributed by atoms with Crippen LogP contribution in [0.4, 0.5) is 0 Å². The van der Waals surface area contributed by atoms with E-state index in [1.54, 1.807) is 26.4 Å². The van der Waals surface area contributed by atoms with Gasteiger partial charge in [0.2, 0.25) is 0 Å². The third-order valence-electron chi connectivity index (χ3n) is 3.13. The smallest absolute Gasteiger partial charge is 0.161 e. The van der Waals surface area contributed by atoms with Gasteiger partial charge in [-0.3, -0.25) is 0 Å². The van der Waals surface area contributed by atoms with Crippen LogP contribution in [0.15, 0.2) is 42.5 Å². The lowest BCUT2D eigenvalue weighted by molar-refractivity contribution is 0.178. The number of hydrogen-bond acceptors (Lipinski definition) is 3. The lowest BCUT2D eigenvalue weighted by atomic mass is 10.0. The van der Waals surface area contributed by atoms with E-state index in [4.69, 9.17) is 21.1 Å². The molecule has 3 nitrogen and oxygen atoms in total. The molecule has 106 valence electrons. The second kappa shape index (κ2) is 6.64. The molecule has 0 saturated heterocycles. The summed E-state index contributed by atoms with van der Waals surface area (Å²) in [6.07, 6.45) is -0.0805. The molecule has 0 aromatic heterocycles. The van der Waals surface area contributed by atoms with Crippen LogP contribution in [-0.2, 0) is 6.42 Å². The Morgan fingerprint density at radius 3 is 2.25 bits per heavy atom. The maximum absolute atomic E-state index is 10.3. The molecule has 1 atom stereocenters. The number of ether oxygens (including phenoxy) is 2. The zero-order valence-corrected chi connectivity index (χ0v) is 12.2. The van der Waals surface area contributed by atoms with Gasteiger partial charge >= 0.3 is 0 Å². The highest BCUT2D eigenvalue weighted by Crippen LogP contribution is 2.31. The number of rotatable bonds is 5. The van der Waals surface area contributed by atoms with Crippen LogP contribution < -0.4 is 9.47 Å². The van der Waals surface area contributed by atoms with Crippen LogP contribution in [0.3, 0.4) is 0 Å². The molecule has 0 aliphatic rings. The van der Waals surface area contributed by atoms with E-state index >= 15 is 0 Å². The topological polar surface area (TPSA) is 38.7 Å². The van der Waals surface area contributed by atoms with Crippen molar-refractivity contribution in [3.05, 3.63) is 58.6 Å². The van der Waals surface area contributed by atoms with Crippen LogP contribution in [0.5, 0.6) is 11.5 Å². The number of halogens is 1. The van der Waals surface area contributed by atoms with Crippen LogP contribution in [-0.4, -0.2) is 19.3 Å². The molecule has 0 fully saturated rings. The van der Waals surface area contributed by atoms with Gasteiger partial charge in [0.05, 0.1) is 20.3 Å². The first-order chi connectivity index (χ1) is 9.63. The van der Waals surface area contributed by atoms with E-state index in [0.29, 0.717) is 22.9 Å². The maximum atomic E-state index is 10.3. The van der Waals surface area contributed by atoms with E-state index in [9.17, 15) is 5.11 Å². The molecule has 0 radical (unpaired) electrons. The van der Waals surface area contributed by atoms with Gasteiger partial charge in [-0.1, -0.05) is 29.8 Å². The monoisotopic (exact) mass is 292 g/mol. The minimum atomic E-state index is -0.601. The molecule has 1 unspecified atom stereocenters. The zero-order valence-electron chi connectivity index (χ0n) is 11.5. The first-order valence-corrected chi connectivity index (χ1v) is 6.66. The summed E-state index contributed by atoms with van der Waals surface area (Å²) in [7, 11) is 3.16. The molecule has 0 spiro atoms. The first-order valence-electron chi connectivity index (χ1n) is 6.28. The van der Waals surface area contributed by atoms with Gasteiger partial charge in [0, 0.05) is 11.4 Å². The Hall–Kier alpha value is -1.71. The SMILES string of the molecule is COc1ccc(C(O)Cc2ccc(Cl)cc2)cc1OC. The molecule has 20 heavy (non-hydrogen) atoms. The molecule has 2 aromatic rings. The summed E-state index contributed by atoms with van der Waals surface area (Å²) in [6, 6.07) is 12.9. The molecule has 2 rings (SSSR count). The third kappa shape index (κ3) is 3.44. The molecule has 0 bridgehead atoms. The summed E-state index contributed by atoms with van der Waals surface area (Å²) in [5, 5.41) is 11.0. The Labute approximate surface area is 123 Å². The predicted octanol–water partition coefficient (Wildman–Crippen LogP) is 3.63. The Morgan fingerprint density at radius 1 is 1.00 bits per heavy atom. The molecule has 0 aliphatic heterocycles. The van der Waals surface area contributed by atoms with Gasteiger partial charge in [0.15, 0.2) is 11.5 Å². The summed E-state index contributed by atoms with van der Waals surface area (Å²) >= 11 is 5.85. The van der Waals surface area contributed by atoms with Crippen LogP contribution in [0, 0.1) is 0 Å². The zero-order chi connectivity index (χ0) is 14.5. The summed E-state index contributed by atoms with van der Waals surface area (Å²) in [6.45, 7) is 0. The minimum absolute atomic E-state index is 0.520. The number of aliphatic hydroxyl groups excluding tert-OH is 1. The standard InChI is InChI=1S/C16H17ClO3/c1-19-15-8-5-12(10-16(15)20-2)14(18)9-11-3-6-13(17)7-4-11/h3-8,10,14,18H,9H2,1-2H3. The normalized spacial score (nSPS) is 12.0. The fourth-order valence-electron chi connectivity index (χ4n) is 2.02. The quantitative estimate of drug-likeness (QED) is 0.914. The van der Waals surface area contributed by atoms with Gasteiger partial charge in [0.1, 0.15) is 0 Å². The maximum Gasteiger partial charge on any atom is 0.161 e. The van der Waals surface area contributed by atoms with Crippen LogP contribution in [0.2, 0.25) is 5.02 Å². The molecule has 4 heteroatoms. The number of benzene rings is 2. The molecule has 0 saturated carbocycles. The van der Waals surface area contributed by atoms with Crippen molar-refractivity contribution in [3.8, 4) is 11.5 Å². The largest absolute Gasteiger partial charge is 0.493 e. The first kappa shape index (κ1) is 14.7. The highest BCUT2D eigenvalue weighted by Gasteiger charge is 2.12. The fraction of sp³-hybridized carbons (Fsp3) is 0.250. The second-order valence-corrected chi connectivity index (χ2v) is 4.90. The lowest BCUT2D eigenvalue weighted by Crippen LogP contribution is -2.02. The number of aliphatic hydroxyl groups is 1. The second-order valence-electron chi connectivity index (χ2n) is 4.46. The van der Waals surface area contributed by atoms with Crippen molar-refractivity contribution in [1.82, 2.24) is 0 Å². The molecule has 0 aliphatic carbocycles. The van der Waals surface area contributed by atoms with E-state index < -0.39 is 6.10 Å². The van der Waals surface area contributed by atoms with Gasteiger partial charge in [0.25, 0.3) is 0 Å². The molecular formula is C16H17ClO3. The highest BCUT2D eigenvalue weighted by molar-refractivity contribution is 6.30. The van der Waals surface area contributed by atoms with Crippen molar-refractivity contribution < 1.29 is 14.6 Å². The van der Waals surface area contributed by atoms with Crippen LogP contribution >= 0.6 is 11.6 Å². The van der Waals surface area contributed by atoms with E-state index in [0.717, 1.165) is 11.1 Å². The summed E-state index contributed by atoms with van der Waals surface area (Å²) in [5.41, 5.74) is 1.81. The average Bonchev–Trinajstić information content (AvgIpc) is 2.48. The summed E-state index contributed by atoms with van der Waals surface area (Å²) in [4.78, 5) is 0. The van der Waals surface area contributed by atoms with Gasteiger partial charge < -0.3 is 14.6 Å². The van der Waals surface area contributed by atoms with Crippen LogP contribution in [0.25, 0.3) is 0 Å². The Bertz CT molecular complexity index is 566. The fourth-order valence-corrected chi connectivity index (χ4v) is 2.15. The van der Waals surface area contributed by atoms with Gasteiger partial charge in [-0.25, -0.2) is 0 Å². The van der Waals surface area contributed by atoms with Crippen molar-refractivity contribution in [2.24, 2.45) is 0 Å². The van der Waals surface area contributed by atoms with Gasteiger partial charge in [-0.2, -0.15) is 0 Å². The number of methoxy groups -OCH3 is 2. The summed E-state index contributed by atoms with van der Waals surface area (Å²) in [5.74, 6) is 1.26.